The van der Waals surface area contributed by atoms with Crippen LogP contribution in [0.1, 0.15) is 5.56 Å². The molecule has 1 aliphatic rings. The van der Waals surface area contributed by atoms with Crippen molar-refractivity contribution in [2.75, 3.05) is 6.79 Å². The standard InChI is InChI=1S/C11H10N2O3/c12-4-7-1-6-2-9-10(16-5-15-9)3-8(6)13-11(7)14/h1-3H,4-5,12H2,(H,13,14). The van der Waals surface area contributed by atoms with Gasteiger partial charge in [0.15, 0.2) is 11.5 Å². The summed E-state index contributed by atoms with van der Waals surface area (Å²) in [5, 5.41) is 0.893. The van der Waals surface area contributed by atoms with Crippen molar-refractivity contribution in [3.05, 3.63) is 34.1 Å². The van der Waals surface area contributed by atoms with Crippen LogP contribution in [0.2, 0.25) is 0 Å². The Morgan fingerprint density at radius 1 is 1.25 bits per heavy atom. The molecule has 0 radical (unpaired) electrons. The topological polar surface area (TPSA) is 77.3 Å². The molecule has 82 valence electrons. The van der Waals surface area contributed by atoms with Gasteiger partial charge in [-0.3, -0.25) is 4.79 Å². The van der Waals surface area contributed by atoms with E-state index in [0.29, 0.717) is 17.1 Å². The van der Waals surface area contributed by atoms with E-state index in [2.05, 4.69) is 4.98 Å². The molecule has 3 N–H and O–H groups in total. The Kier molecular flexibility index (Phi) is 1.87. The smallest absolute Gasteiger partial charge is 0.252 e. The number of ether oxygens (including phenoxy) is 2. The fourth-order valence-corrected chi connectivity index (χ4v) is 1.79. The van der Waals surface area contributed by atoms with E-state index < -0.39 is 0 Å². The van der Waals surface area contributed by atoms with Crippen LogP contribution in [0, 0.1) is 0 Å². The molecule has 16 heavy (non-hydrogen) atoms. The van der Waals surface area contributed by atoms with Gasteiger partial charge < -0.3 is 20.2 Å². The number of H-pyrrole nitrogens is 1. The fourth-order valence-electron chi connectivity index (χ4n) is 1.79. The summed E-state index contributed by atoms with van der Waals surface area (Å²) in [4.78, 5) is 14.3. The highest BCUT2D eigenvalue weighted by Crippen LogP contribution is 2.35. The van der Waals surface area contributed by atoms with E-state index in [-0.39, 0.29) is 18.9 Å². The summed E-state index contributed by atoms with van der Waals surface area (Å²) in [5.41, 5.74) is 6.61. The first-order valence-electron chi connectivity index (χ1n) is 4.93. The molecule has 5 nitrogen and oxygen atoms in total. The van der Waals surface area contributed by atoms with E-state index in [1.165, 1.54) is 0 Å². The number of benzene rings is 1. The first-order chi connectivity index (χ1) is 7.78. The number of nitrogens with one attached hydrogen (secondary N) is 1. The number of hydrogen-bond acceptors (Lipinski definition) is 4. The minimum atomic E-state index is -0.158. The largest absolute Gasteiger partial charge is 0.454 e. The minimum absolute atomic E-state index is 0.158. The van der Waals surface area contributed by atoms with Crippen LogP contribution in [0.25, 0.3) is 10.9 Å². The Morgan fingerprint density at radius 2 is 2.00 bits per heavy atom. The van der Waals surface area contributed by atoms with Crippen molar-refractivity contribution in [2.24, 2.45) is 5.73 Å². The molecule has 0 unspecified atom stereocenters. The average molecular weight is 218 g/mol. The number of aromatic nitrogens is 1. The first-order valence-corrected chi connectivity index (χ1v) is 4.93. The Labute approximate surface area is 90.8 Å². The van der Waals surface area contributed by atoms with Crippen LogP contribution in [-0.4, -0.2) is 11.8 Å². The van der Waals surface area contributed by atoms with Gasteiger partial charge >= 0.3 is 0 Å². The highest BCUT2D eigenvalue weighted by atomic mass is 16.7. The summed E-state index contributed by atoms with van der Waals surface area (Å²) >= 11 is 0. The second kappa shape index (κ2) is 3.24. The van der Waals surface area contributed by atoms with Crippen LogP contribution < -0.4 is 20.8 Å². The molecule has 0 atom stereocenters. The lowest BCUT2D eigenvalue weighted by molar-refractivity contribution is 0.174. The third kappa shape index (κ3) is 1.25. The molecule has 0 spiro atoms. The summed E-state index contributed by atoms with van der Waals surface area (Å²) in [7, 11) is 0. The van der Waals surface area contributed by atoms with Gasteiger partial charge in [-0.15, -0.1) is 0 Å². The predicted molar refractivity (Wildman–Crippen MR) is 58.6 cm³/mol. The van der Waals surface area contributed by atoms with Crippen molar-refractivity contribution in [1.29, 1.82) is 0 Å². The monoisotopic (exact) mass is 218 g/mol. The highest BCUT2D eigenvalue weighted by molar-refractivity contribution is 5.83. The lowest BCUT2D eigenvalue weighted by Crippen LogP contribution is -2.15. The number of hydrogen-bond donors (Lipinski definition) is 2. The molecule has 0 bridgehead atoms. The van der Waals surface area contributed by atoms with Crippen molar-refractivity contribution in [2.45, 2.75) is 6.54 Å². The summed E-state index contributed by atoms with van der Waals surface area (Å²) in [6, 6.07) is 5.38. The Morgan fingerprint density at radius 3 is 2.75 bits per heavy atom. The van der Waals surface area contributed by atoms with Gasteiger partial charge in [0, 0.05) is 23.6 Å². The minimum Gasteiger partial charge on any atom is -0.454 e. The molecule has 0 saturated heterocycles. The zero-order valence-corrected chi connectivity index (χ0v) is 8.45. The van der Waals surface area contributed by atoms with Crippen molar-refractivity contribution in [1.82, 2.24) is 4.98 Å². The number of aromatic amines is 1. The fraction of sp³-hybridized carbons (Fsp3) is 0.182. The van der Waals surface area contributed by atoms with Crippen LogP contribution in [0.5, 0.6) is 11.5 Å². The van der Waals surface area contributed by atoms with Crippen LogP contribution in [0.4, 0.5) is 0 Å². The molecular weight excluding hydrogens is 208 g/mol. The second-order valence-corrected chi connectivity index (χ2v) is 3.62. The van der Waals surface area contributed by atoms with Gasteiger partial charge in [-0.05, 0) is 12.1 Å². The quantitative estimate of drug-likeness (QED) is 0.739. The van der Waals surface area contributed by atoms with Crippen molar-refractivity contribution in [3.63, 3.8) is 0 Å². The molecule has 3 rings (SSSR count). The van der Waals surface area contributed by atoms with Crippen LogP contribution in [-0.2, 0) is 6.54 Å². The molecule has 0 amide bonds. The Balaban J connectivity index is 2.32. The zero-order chi connectivity index (χ0) is 11.1. The Hall–Kier alpha value is -2.01. The highest BCUT2D eigenvalue weighted by Gasteiger charge is 2.14. The summed E-state index contributed by atoms with van der Waals surface area (Å²) in [6.45, 7) is 0.444. The number of rotatable bonds is 1. The van der Waals surface area contributed by atoms with E-state index in [1.807, 2.05) is 6.07 Å². The molecule has 2 aromatic rings. The van der Waals surface area contributed by atoms with Crippen LogP contribution in [0.3, 0.4) is 0 Å². The van der Waals surface area contributed by atoms with Gasteiger partial charge in [-0.2, -0.15) is 0 Å². The van der Waals surface area contributed by atoms with Gasteiger partial charge in [0.25, 0.3) is 5.56 Å². The Bertz CT molecular complexity index is 618. The number of pyridine rings is 1. The molecule has 0 fully saturated rings. The van der Waals surface area contributed by atoms with Crippen molar-refractivity contribution < 1.29 is 9.47 Å². The van der Waals surface area contributed by atoms with E-state index in [9.17, 15) is 4.79 Å². The molecular formula is C11H10N2O3. The third-order valence-corrected chi connectivity index (χ3v) is 2.63. The predicted octanol–water partition coefficient (Wildman–Crippen LogP) is 0.715. The maximum Gasteiger partial charge on any atom is 0.252 e. The van der Waals surface area contributed by atoms with Crippen molar-refractivity contribution >= 4 is 10.9 Å². The first kappa shape index (κ1) is 9.23. The van der Waals surface area contributed by atoms with E-state index in [0.717, 1.165) is 10.9 Å². The zero-order valence-electron chi connectivity index (χ0n) is 8.45. The SMILES string of the molecule is NCc1cc2cc3c(cc2[nH]c1=O)OCO3. The molecule has 0 aliphatic carbocycles. The van der Waals surface area contributed by atoms with Gasteiger partial charge in [0.2, 0.25) is 6.79 Å². The molecule has 1 aromatic heterocycles. The maximum absolute atomic E-state index is 11.6. The third-order valence-electron chi connectivity index (χ3n) is 2.63. The van der Waals surface area contributed by atoms with Gasteiger partial charge in [0.1, 0.15) is 0 Å². The van der Waals surface area contributed by atoms with Gasteiger partial charge in [0.05, 0.1) is 5.52 Å². The molecule has 0 saturated carbocycles. The van der Waals surface area contributed by atoms with Crippen molar-refractivity contribution in [3.8, 4) is 11.5 Å². The second-order valence-electron chi connectivity index (χ2n) is 3.62. The lowest BCUT2D eigenvalue weighted by atomic mass is 10.1. The molecule has 2 heterocycles. The summed E-state index contributed by atoms with van der Waals surface area (Å²) < 4.78 is 10.5. The van der Waals surface area contributed by atoms with E-state index in [4.69, 9.17) is 15.2 Å². The van der Waals surface area contributed by atoms with E-state index >= 15 is 0 Å². The summed E-state index contributed by atoms with van der Waals surface area (Å²) in [5.74, 6) is 1.35. The molecule has 5 heteroatoms. The van der Waals surface area contributed by atoms with Crippen LogP contribution >= 0.6 is 0 Å². The maximum atomic E-state index is 11.6. The average Bonchev–Trinajstić information content (AvgIpc) is 2.72. The molecule has 1 aliphatic heterocycles. The number of nitrogens with two attached hydrogens (primary N) is 1. The van der Waals surface area contributed by atoms with Gasteiger partial charge in [-0.25, -0.2) is 0 Å². The normalized spacial score (nSPS) is 13.3. The number of fused-ring (bicyclic) bond motifs is 2. The van der Waals surface area contributed by atoms with Crippen LogP contribution in [0.15, 0.2) is 23.0 Å². The molecule has 1 aromatic carbocycles. The lowest BCUT2D eigenvalue weighted by Gasteiger charge is -2.02. The summed E-state index contributed by atoms with van der Waals surface area (Å²) in [6.07, 6.45) is 0. The van der Waals surface area contributed by atoms with Gasteiger partial charge in [-0.1, -0.05) is 0 Å². The van der Waals surface area contributed by atoms with E-state index in [1.54, 1.807) is 12.1 Å².